The van der Waals surface area contributed by atoms with E-state index < -0.39 is 5.97 Å². The van der Waals surface area contributed by atoms with Gasteiger partial charge in [0.05, 0.1) is 20.6 Å². The molecule has 0 aliphatic rings. The highest BCUT2D eigenvalue weighted by Gasteiger charge is 2.20. The highest BCUT2D eigenvalue weighted by Crippen LogP contribution is 2.12. The average Bonchev–Trinajstić information content (AvgIpc) is 2.49. The Morgan fingerprint density at radius 2 is 1.26 bits per heavy atom. The van der Waals surface area contributed by atoms with Crippen molar-refractivity contribution in [3.8, 4) is 0 Å². The molecule has 1 atom stereocenters. The fraction of sp³-hybridized carbons (Fsp3) is 0.947. The van der Waals surface area contributed by atoms with Gasteiger partial charge in [-0.1, -0.05) is 65.2 Å². The number of carboxylic acids is 1. The second-order valence-electron chi connectivity index (χ2n) is 7.04. The number of rotatable bonds is 13. The van der Waals surface area contributed by atoms with Crippen molar-refractivity contribution in [3.63, 3.8) is 0 Å². The number of carbonyl (C=O) groups excluding carboxylic acids is 1. The molecule has 0 aromatic carbocycles. The summed E-state index contributed by atoms with van der Waals surface area (Å²) >= 11 is 0. The van der Waals surface area contributed by atoms with Crippen LogP contribution in [0.25, 0.3) is 0 Å². The molecule has 0 radical (unpaired) electrons. The topological polar surface area (TPSA) is 60.4 Å². The molecular weight excluding hydrogens is 290 g/mol. The molecule has 140 valence electrons. The molecule has 0 fully saturated rings. The number of aliphatic hydroxyl groups excluding tert-OH is 1. The molecule has 0 aromatic rings. The summed E-state index contributed by atoms with van der Waals surface area (Å²) in [6, 6.07) is 0. The normalized spacial score (nSPS) is 12.4. The Kier molecular flexibility index (Phi) is 17.4. The van der Waals surface area contributed by atoms with Gasteiger partial charge in [-0.15, -0.1) is 0 Å². The Morgan fingerprint density at radius 1 is 0.913 bits per heavy atom. The molecule has 23 heavy (non-hydrogen) atoms. The number of aliphatic carboxylic acids is 1. The van der Waals surface area contributed by atoms with Gasteiger partial charge in [-0.05, 0) is 19.3 Å². The maximum absolute atomic E-state index is 9.60. The molecule has 0 aliphatic carbocycles. The van der Waals surface area contributed by atoms with Crippen LogP contribution in [0.4, 0.5) is 0 Å². The Bertz CT molecular complexity index is 265. The van der Waals surface area contributed by atoms with Gasteiger partial charge in [0, 0.05) is 12.9 Å². The van der Waals surface area contributed by atoms with Crippen LogP contribution >= 0.6 is 0 Å². The van der Waals surface area contributed by atoms with Crippen LogP contribution in [0.3, 0.4) is 0 Å². The van der Waals surface area contributed by atoms with E-state index in [9.17, 15) is 15.0 Å². The van der Waals surface area contributed by atoms with Crippen LogP contribution < -0.4 is 5.11 Å². The number of nitrogens with zero attached hydrogens (tertiary/aromatic N) is 1. The minimum atomic E-state index is -0.995. The standard InChI is InChI=1S/C16H36NO.C3H6O2/c1-5-6-7-8-9-10-11-12-13-14-15-17(3,4)16(2)18;1-2-3(4)5/h16,18H,5-15H2,1-4H3;2H2,1H3,(H,4,5)/q+1;/p-1. The molecule has 4 nitrogen and oxygen atoms in total. The summed E-state index contributed by atoms with van der Waals surface area (Å²) in [6.07, 6.45) is 13.6. The zero-order valence-electron chi connectivity index (χ0n) is 16.3. The lowest BCUT2D eigenvalue weighted by Gasteiger charge is -2.32. The smallest absolute Gasteiger partial charge is 0.187 e. The van der Waals surface area contributed by atoms with E-state index in [0.717, 1.165) is 11.0 Å². The Labute approximate surface area is 144 Å². The summed E-state index contributed by atoms with van der Waals surface area (Å²) in [6.45, 7) is 6.78. The van der Waals surface area contributed by atoms with E-state index in [2.05, 4.69) is 21.0 Å². The summed E-state index contributed by atoms with van der Waals surface area (Å²) in [5.41, 5.74) is 0. The highest BCUT2D eigenvalue weighted by atomic mass is 16.4. The summed E-state index contributed by atoms with van der Waals surface area (Å²) in [4.78, 5) is 9.26. The van der Waals surface area contributed by atoms with Crippen LogP contribution in [0.1, 0.15) is 91.4 Å². The Balaban J connectivity index is 0. The molecule has 1 unspecified atom stereocenters. The first kappa shape index (κ1) is 24.6. The lowest BCUT2D eigenvalue weighted by molar-refractivity contribution is -0.934. The van der Waals surface area contributed by atoms with Crippen LogP contribution in [0.5, 0.6) is 0 Å². The third-order valence-electron chi connectivity index (χ3n) is 4.39. The van der Waals surface area contributed by atoms with Crippen molar-refractivity contribution in [2.45, 2.75) is 97.6 Å². The quantitative estimate of drug-likeness (QED) is 0.319. The Morgan fingerprint density at radius 3 is 1.57 bits per heavy atom. The number of hydrogen-bond donors (Lipinski definition) is 1. The third kappa shape index (κ3) is 19.3. The fourth-order valence-electron chi connectivity index (χ4n) is 2.19. The largest absolute Gasteiger partial charge is 0.550 e. The SMILES string of the molecule is CCC(=O)[O-].CCCCCCCCCCCC[N+](C)(C)C(C)O. The predicted octanol–water partition coefficient (Wildman–Crippen LogP) is 3.47. The highest BCUT2D eigenvalue weighted by molar-refractivity contribution is 5.63. The second-order valence-corrected chi connectivity index (χ2v) is 7.04. The van der Waals surface area contributed by atoms with Crippen LogP contribution in [0.2, 0.25) is 0 Å². The van der Waals surface area contributed by atoms with Crippen LogP contribution in [0, 0.1) is 0 Å². The molecule has 0 rings (SSSR count). The number of unbranched alkanes of at least 4 members (excludes halogenated alkanes) is 9. The van der Waals surface area contributed by atoms with Crippen molar-refractivity contribution in [2.24, 2.45) is 0 Å². The van der Waals surface area contributed by atoms with Crippen molar-refractivity contribution in [1.82, 2.24) is 0 Å². The first-order valence-electron chi connectivity index (χ1n) is 9.48. The first-order valence-corrected chi connectivity index (χ1v) is 9.48. The fourth-order valence-corrected chi connectivity index (χ4v) is 2.19. The average molecular weight is 332 g/mol. The zero-order valence-corrected chi connectivity index (χ0v) is 16.3. The van der Waals surface area contributed by atoms with E-state index in [4.69, 9.17) is 0 Å². The summed E-state index contributed by atoms with van der Waals surface area (Å²) in [7, 11) is 4.22. The first-order chi connectivity index (χ1) is 10.8. The van der Waals surface area contributed by atoms with Crippen molar-refractivity contribution in [2.75, 3.05) is 20.6 Å². The number of carbonyl (C=O) groups is 1. The molecule has 0 aliphatic heterocycles. The number of aliphatic hydroxyl groups is 1. The van der Waals surface area contributed by atoms with Gasteiger partial charge in [0.15, 0.2) is 6.23 Å². The van der Waals surface area contributed by atoms with Gasteiger partial charge in [0.25, 0.3) is 0 Å². The maximum atomic E-state index is 9.60. The van der Waals surface area contributed by atoms with Crippen molar-refractivity contribution in [1.29, 1.82) is 0 Å². The molecule has 0 aromatic heterocycles. The van der Waals surface area contributed by atoms with E-state index in [1.807, 2.05) is 6.92 Å². The van der Waals surface area contributed by atoms with E-state index in [1.165, 1.54) is 71.1 Å². The number of quaternary nitrogens is 1. The molecule has 4 heteroatoms. The molecule has 0 spiro atoms. The van der Waals surface area contributed by atoms with Gasteiger partial charge in [0.1, 0.15) is 0 Å². The summed E-state index contributed by atoms with van der Waals surface area (Å²) < 4.78 is 0.733. The summed E-state index contributed by atoms with van der Waals surface area (Å²) in [5, 5.41) is 18.9. The van der Waals surface area contributed by atoms with Crippen molar-refractivity contribution < 1.29 is 19.5 Å². The van der Waals surface area contributed by atoms with Gasteiger partial charge >= 0.3 is 0 Å². The molecule has 0 heterocycles. The number of carboxylic acid groups (broad SMARTS) is 1. The predicted molar refractivity (Wildman–Crippen MR) is 95.8 cm³/mol. The molecule has 0 saturated heterocycles. The maximum Gasteiger partial charge on any atom is 0.187 e. The van der Waals surface area contributed by atoms with Crippen LogP contribution in [-0.2, 0) is 4.79 Å². The van der Waals surface area contributed by atoms with Gasteiger partial charge in [0.2, 0.25) is 0 Å². The van der Waals surface area contributed by atoms with Gasteiger partial charge in [-0.3, -0.25) is 0 Å². The van der Waals surface area contributed by atoms with Crippen LogP contribution in [0.15, 0.2) is 0 Å². The van der Waals surface area contributed by atoms with E-state index in [1.54, 1.807) is 0 Å². The Hall–Kier alpha value is -0.610. The third-order valence-corrected chi connectivity index (χ3v) is 4.39. The molecule has 0 amide bonds. The van der Waals surface area contributed by atoms with Crippen LogP contribution in [-0.4, -0.2) is 42.4 Å². The minimum Gasteiger partial charge on any atom is -0.550 e. The van der Waals surface area contributed by atoms with Crippen molar-refractivity contribution >= 4 is 5.97 Å². The molecule has 1 N–H and O–H groups in total. The summed E-state index contributed by atoms with van der Waals surface area (Å²) in [5.74, 6) is -0.995. The second kappa shape index (κ2) is 16.3. The van der Waals surface area contributed by atoms with E-state index in [0.29, 0.717) is 0 Å². The molecule has 0 bridgehead atoms. The lowest BCUT2D eigenvalue weighted by Crippen LogP contribution is -2.47. The van der Waals surface area contributed by atoms with Crippen molar-refractivity contribution in [3.05, 3.63) is 0 Å². The monoisotopic (exact) mass is 331 g/mol. The lowest BCUT2D eigenvalue weighted by atomic mass is 10.1. The van der Waals surface area contributed by atoms with Gasteiger partial charge in [-0.25, -0.2) is 0 Å². The van der Waals surface area contributed by atoms with E-state index in [-0.39, 0.29) is 12.6 Å². The zero-order chi connectivity index (χ0) is 18.1. The van der Waals surface area contributed by atoms with Gasteiger partial charge in [-0.2, -0.15) is 0 Å². The number of hydrogen-bond acceptors (Lipinski definition) is 3. The molecular formula is C19H41NO3. The minimum absolute atomic E-state index is 0.111. The van der Waals surface area contributed by atoms with E-state index >= 15 is 0 Å². The van der Waals surface area contributed by atoms with Gasteiger partial charge < -0.3 is 19.5 Å². The molecule has 0 saturated carbocycles.